The fraction of sp³-hybridized carbons (Fsp3) is 0.455. The van der Waals surface area contributed by atoms with Gasteiger partial charge in [0, 0.05) is 93.7 Å². The van der Waals surface area contributed by atoms with Gasteiger partial charge in [0.2, 0.25) is 17.8 Å². The molecule has 15 nitrogen and oxygen atoms in total. The number of anilines is 2. The van der Waals surface area contributed by atoms with E-state index in [0.717, 1.165) is 83.6 Å². The number of aromatic nitrogens is 4. The average molecular weight is 819 g/mol. The zero-order valence-corrected chi connectivity index (χ0v) is 33.7. The minimum absolute atomic E-state index is 0.0511. The molecule has 7 heterocycles. The predicted molar refractivity (Wildman–Crippen MR) is 226 cm³/mol. The first-order valence-electron chi connectivity index (χ1n) is 21.2. The van der Waals surface area contributed by atoms with Gasteiger partial charge >= 0.3 is 5.76 Å². The van der Waals surface area contributed by atoms with E-state index in [1.54, 1.807) is 42.6 Å². The summed E-state index contributed by atoms with van der Waals surface area (Å²) in [7, 11) is 0. The first-order chi connectivity index (χ1) is 29.3. The summed E-state index contributed by atoms with van der Waals surface area (Å²) in [6.07, 6.45) is 7.91. The summed E-state index contributed by atoms with van der Waals surface area (Å²) < 4.78 is 23.6. The highest BCUT2D eigenvalue weighted by Crippen LogP contribution is 2.29. The Morgan fingerprint density at radius 1 is 0.850 bits per heavy atom. The number of rotatable bonds is 10. The fourth-order valence-electron chi connectivity index (χ4n) is 9.23. The number of benzene rings is 2. The Labute approximate surface area is 346 Å². The maximum absolute atomic E-state index is 15.0. The van der Waals surface area contributed by atoms with Crippen molar-refractivity contribution in [3.8, 4) is 16.9 Å². The van der Waals surface area contributed by atoms with Gasteiger partial charge in [-0.2, -0.15) is 0 Å². The first-order valence-corrected chi connectivity index (χ1v) is 21.2. The molecule has 1 atom stereocenters. The lowest BCUT2D eigenvalue weighted by Crippen LogP contribution is -2.50. The standard InChI is InChI=1S/C44H51FN10O5/c45-35-27-47-43(49-41(35)31-5-3-6-34(25-31)54-16-2-1-8-39(54)56)48-32-13-19-53(20-14-32)40(57)29-50-17-11-30(12-18-50)28-51-21-23-52(24-22-51)33-9-10-36-38(26-33)60-44(59)55(36)37-7-4-15-46-42(37)58/h1-3,5-6,8-10,16,25-27,30,32,37H,4,7,11-15,17-24,28-29H2,(H,46,58)(H,47,48,49). The average Bonchev–Trinajstić information content (AvgIpc) is 3.60. The molecule has 2 amide bonds. The molecule has 3 aromatic heterocycles. The van der Waals surface area contributed by atoms with Crippen LogP contribution in [0.3, 0.4) is 0 Å². The molecule has 5 aromatic rings. The van der Waals surface area contributed by atoms with Crippen LogP contribution in [0, 0.1) is 11.7 Å². The third-order valence-electron chi connectivity index (χ3n) is 12.6. The topological polar surface area (TPSA) is 154 Å². The predicted octanol–water partition coefficient (Wildman–Crippen LogP) is 3.73. The number of nitrogens with zero attached hydrogens (tertiary/aromatic N) is 8. The summed E-state index contributed by atoms with van der Waals surface area (Å²) in [4.78, 5) is 68.8. The lowest BCUT2D eigenvalue weighted by molar-refractivity contribution is -0.133. The van der Waals surface area contributed by atoms with Crippen molar-refractivity contribution in [3.05, 3.63) is 99.8 Å². The number of piperidine rings is 3. The van der Waals surface area contributed by atoms with Gasteiger partial charge in [0.05, 0.1) is 18.3 Å². The lowest BCUT2D eigenvalue weighted by atomic mass is 9.95. The van der Waals surface area contributed by atoms with E-state index in [4.69, 9.17) is 4.42 Å². The van der Waals surface area contributed by atoms with Crippen LogP contribution in [0.15, 0.2) is 87.1 Å². The van der Waals surface area contributed by atoms with Crippen molar-refractivity contribution in [2.24, 2.45) is 5.92 Å². The van der Waals surface area contributed by atoms with Crippen molar-refractivity contribution < 1.29 is 18.4 Å². The molecule has 314 valence electrons. The number of likely N-dealkylation sites (tertiary alicyclic amines) is 2. The van der Waals surface area contributed by atoms with E-state index < -0.39 is 17.6 Å². The van der Waals surface area contributed by atoms with Gasteiger partial charge in [0.1, 0.15) is 11.7 Å². The Bertz CT molecular complexity index is 2460. The number of amides is 2. The third-order valence-corrected chi connectivity index (χ3v) is 12.6. The van der Waals surface area contributed by atoms with Crippen LogP contribution in [0.1, 0.15) is 44.6 Å². The van der Waals surface area contributed by atoms with Crippen LogP contribution in [0.2, 0.25) is 0 Å². The van der Waals surface area contributed by atoms with Gasteiger partial charge in [-0.25, -0.2) is 19.2 Å². The molecule has 0 spiro atoms. The van der Waals surface area contributed by atoms with E-state index in [2.05, 4.69) is 35.3 Å². The van der Waals surface area contributed by atoms with Crippen molar-refractivity contribution in [2.45, 2.75) is 50.6 Å². The Morgan fingerprint density at radius 3 is 2.45 bits per heavy atom. The van der Waals surface area contributed by atoms with Gasteiger partial charge in [-0.3, -0.25) is 33.3 Å². The summed E-state index contributed by atoms with van der Waals surface area (Å²) in [6, 6.07) is 17.4. The van der Waals surface area contributed by atoms with E-state index in [1.807, 2.05) is 23.1 Å². The molecule has 2 aromatic carbocycles. The molecule has 4 fully saturated rings. The van der Waals surface area contributed by atoms with Crippen molar-refractivity contribution >= 4 is 34.5 Å². The maximum atomic E-state index is 15.0. The molecule has 4 aliphatic heterocycles. The van der Waals surface area contributed by atoms with Crippen LogP contribution in [-0.2, 0) is 9.59 Å². The summed E-state index contributed by atoms with van der Waals surface area (Å²) in [5.74, 6) is -0.0827. The Kier molecular flexibility index (Phi) is 11.5. The Hall–Kier alpha value is -5.87. The van der Waals surface area contributed by atoms with Gasteiger partial charge in [-0.05, 0) is 87.9 Å². The quantitative estimate of drug-likeness (QED) is 0.212. The molecular formula is C44H51FN10O5. The van der Waals surface area contributed by atoms with Gasteiger partial charge < -0.3 is 24.9 Å². The second-order valence-electron chi connectivity index (χ2n) is 16.5. The van der Waals surface area contributed by atoms with Gasteiger partial charge in [0.25, 0.3) is 5.56 Å². The van der Waals surface area contributed by atoms with E-state index in [9.17, 15) is 23.6 Å². The zero-order chi connectivity index (χ0) is 41.2. The van der Waals surface area contributed by atoms with Crippen molar-refractivity contribution in [2.75, 3.05) is 82.2 Å². The molecule has 4 saturated heterocycles. The number of carbonyl (C=O) groups excluding carboxylic acids is 2. The molecule has 4 aliphatic rings. The van der Waals surface area contributed by atoms with Gasteiger partial charge in [0.15, 0.2) is 11.4 Å². The lowest BCUT2D eigenvalue weighted by Gasteiger charge is -2.40. The van der Waals surface area contributed by atoms with Crippen LogP contribution in [-0.4, -0.2) is 124 Å². The van der Waals surface area contributed by atoms with Crippen LogP contribution >= 0.6 is 0 Å². The third kappa shape index (κ3) is 8.57. The number of hydrogen-bond acceptors (Lipinski definition) is 11. The molecule has 0 radical (unpaired) electrons. The summed E-state index contributed by atoms with van der Waals surface area (Å²) >= 11 is 0. The number of pyridine rings is 1. The van der Waals surface area contributed by atoms with Crippen molar-refractivity contribution in [1.29, 1.82) is 0 Å². The molecule has 1 unspecified atom stereocenters. The maximum Gasteiger partial charge on any atom is 0.420 e. The summed E-state index contributed by atoms with van der Waals surface area (Å²) in [5, 5.41) is 6.22. The smallest absolute Gasteiger partial charge is 0.408 e. The normalized spacial score (nSPS) is 20.1. The van der Waals surface area contributed by atoms with Gasteiger partial charge in [-0.1, -0.05) is 18.2 Å². The minimum atomic E-state index is -0.550. The highest BCUT2D eigenvalue weighted by Gasteiger charge is 2.30. The van der Waals surface area contributed by atoms with Crippen molar-refractivity contribution in [1.82, 2.24) is 39.1 Å². The second-order valence-corrected chi connectivity index (χ2v) is 16.5. The largest absolute Gasteiger partial charge is 0.420 e. The number of oxazole rings is 1. The molecule has 16 heteroatoms. The van der Waals surface area contributed by atoms with Crippen LogP contribution < -0.4 is 26.8 Å². The van der Waals surface area contributed by atoms with Crippen molar-refractivity contribution in [3.63, 3.8) is 0 Å². The van der Waals surface area contributed by atoms with Crippen LogP contribution in [0.5, 0.6) is 0 Å². The number of hydrogen-bond donors (Lipinski definition) is 2. The monoisotopic (exact) mass is 818 g/mol. The van der Waals surface area contributed by atoms with Crippen LogP contribution in [0.4, 0.5) is 16.0 Å². The number of halogens is 1. The number of fused-ring (bicyclic) bond motifs is 1. The van der Waals surface area contributed by atoms with E-state index in [0.29, 0.717) is 66.8 Å². The number of carbonyl (C=O) groups is 2. The number of nitrogens with one attached hydrogen (secondary N) is 2. The SMILES string of the molecule is O=C1NCCCC1n1c(=O)oc2cc(N3CCN(CC4CCN(CC(=O)N5CCC(Nc6ncc(F)c(-c7cccc(-n8ccccc8=O)c7)n6)CC5)CC4)CC3)ccc21. The van der Waals surface area contributed by atoms with E-state index in [-0.39, 0.29) is 29.1 Å². The van der Waals surface area contributed by atoms with Crippen LogP contribution in [0.25, 0.3) is 28.0 Å². The molecular weight excluding hydrogens is 768 g/mol. The number of piperazine rings is 1. The van der Waals surface area contributed by atoms with Gasteiger partial charge in [-0.15, -0.1) is 0 Å². The zero-order valence-electron chi connectivity index (χ0n) is 33.7. The highest BCUT2D eigenvalue weighted by molar-refractivity contribution is 5.85. The molecule has 0 saturated carbocycles. The molecule has 0 aliphatic carbocycles. The molecule has 2 N–H and O–H groups in total. The summed E-state index contributed by atoms with van der Waals surface area (Å²) in [5.41, 5.74) is 3.32. The van der Waals surface area contributed by atoms with E-state index in [1.165, 1.54) is 21.4 Å². The first kappa shape index (κ1) is 39.6. The fourth-order valence-corrected chi connectivity index (χ4v) is 9.23. The Balaban J connectivity index is 0.703. The molecule has 0 bridgehead atoms. The second kappa shape index (κ2) is 17.4. The highest BCUT2D eigenvalue weighted by atomic mass is 19.1. The molecule has 9 rings (SSSR count). The Morgan fingerprint density at radius 2 is 1.67 bits per heavy atom. The molecule has 60 heavy (non-hydrogen) atoms. The summed E-state index contributed by atoms with van der Waals surface area (Å²) in [6.45, 7) is 8.89. The minimum Gasteiger partial charge on any atom is -0.408 e. The van der Waals surface area contributed by atoms with E-state index >= 15 is 0 Å².